The smallest absolute Gasteiger partial charge is 0.227 e. The molecule has 0 unspecified atom stereocenters. The van der Waals surface area contributed by atoms with Crippen LogP contribution in [0.4, 0.5) is 5.69 Å². The molecule has 0 radical (unpaired) electrons. The highest BCUT2D eigenvalue weighted by Gasteiger charge is 2.24. The molecule has 1 amide bonds. The van der Waals surface area contributed by atoms with Gasteiger partial charge < -0.3 is 19.4 Å². The number of fused-ring (bicyclic) bond motifs is 1. The van der Waals surface area contributed by atoms with E-state index in [1.807, 2.05) is 71.6 Å². The summed E-state index contributed by atoms with van der Waals surface area (Å²) in [6.07, 6.45) is 1.37. The lowest BCUT2D eigenvalue weighted by Crippen LogP contribution is -2.29. The Morgan fingerprint density at radius 1 is 0.943 bits per heavy atom. The lowest BCUT2D eigenvalue weighted by molar-refractivity contribution is -0.118. The number of hydrogen-bond donors (Lipinski definition) is 1. The van der Waals surface area contributed by atoms with Gasteiger partial charge in [0.05, 0.1) is 25.6 Å². The van der Waals surface area contributed by atoms with Gasteiger partial charge in [-0.3, -0.25) is 4.79 Å². The van der Waals surface area contributed by atoms with Crippen molar-refractivity contribution >= 4 is 23.4 Å². The molecule has 4 aromatic rings. The summed E-state index contributed by atoms with van der Waals surface area (Å²) in [6, 6.07) is 23.9. The van der Waals surface area contributed by atoms with Crippen LogP contribution in [-0.2, 0) is 11.2 Å². The van der Waals surface area contributed by atoms with Gasteiger partial charge in [-0.15, -0.1) is 0 Å². The van der Waals surface area contributed by atoms with E-state index in [2.05, 4.69) is 11.1 Å². The van der Waals surface area contributed by atoms with Crippen molar-refractivity contribution in [2.24, 2.45) is 0 Å². The molecule has 0 aliphatic carbocycles. The van der Waals surface area contributed by atoms with Gasteiger partial charge in [-0.2, -0.15) is 0 Å². The van der Waals surface area contributed by atoms with E-state index in [0.717, 1.165) is 57.8 Å². The summed E-state index contributed by atoms with van der Waals surface area (Å²) in [5.41, 5.74) is 6.09. The highest BCUT2D eigenvalue weighted by Crippen LogP contribution is 2.35. The molecule has 0 saturated carbocycles. The second kappa shape index (κ2) is 10.3. The number of hydrogen-bond acceptors (Lipinski definition) is 5. The van der Waals surface area contributed by atoms with Crippen LogP contribution in [0.25, 0.3) is 22.5 Å². The number of rotatable bonds is 8. The highest BCUT2D eigenvalue weighted by molar-refractivity contribution is 7.99. The van der Waals surface area contributed by atoms with Gasteiger partial charge in [0.2, 0.25) is 5.91 Å². The zero-order valence-electron chi connectivity index (χ0n) is 19.8. The van der Waals surface area contributed by atoms with E-state index < -0.39 is 0 Å². The van der Waals surface area contributed by atoms with Crippen LogP contribution in [0, 0.1) is 0 Å². The number of aromatic amines is 1. The summed E-state index contributed by atoms with van der Waals surface area (Å²) in [6.45, 7) is 0.757. The number of amides is 1. The van der Waals surface area contributed by atoms with E-state index in [-0.39, 0.29) is 5.91 Å². The fraction of sp³-hybridized carbons (Fsp3) is 0.214. The number of H-pyrrole nitrogens is 1. The number of nitrogens with zero attached hydrogens (tertiary/aromatic N) is 2. The maximum absolute atomic E-state index is 12.9. The molecule has 3 aromatic carbocycles. The van der Waals surface area contributed by atoms with Crippen molar-refractivity contribution in [3.63, 3.8) is 0 Å². The largest absolute Gasteiger partial charge is 0.497 e. The van der Waals surface area contributed by atoms with Crippen LogP contribution in [0.5, 0.6) is 11.5 Å². The van der Waals surface area contributed by atoms with E-state index in [9.17, 15) is 4.79 Å². The van der Waals surface area contributed by atoms with Crippen LogP contribution in [0.15, 0.2) is 78.0 Å². The first kappa shape index (κ1) is 23.1. The fourth-order valence-electron chi connectivity index (χ4n) is 4.31. The van der Waals surface area contributed by atoms with Crippen molar-refractivity contribution in [3.8, 4) is 34.0 Å². The van der Waals surface area contributed by atoms with Crippen LogP contribution in [0.2, 0.25) is 0 Å². The number of carbonyl (C=O) groups is 1. The molecule has 178 valence electrons. The van der Waals surface area contributed by atoms with Crippen LogP contribution >= 0.6 is 11.8 Å². The molecule has 35 heavy (non-hydrogen) atoms. The van der Waals surface area contributed by atoms with E-state index in [0.29, 0.717) is 12.2 Å². The van der Waals surface area contributed by atoms with Gasteiger partial charge in [-0.25, -0.2) is 4.98 Å². The Morgan fingerprint density at radius 2 is 1.60 bits per heavy atom. The number of aromatic nitrogens is 2. The number of nitrogens with one attached hydrogen (secondary N) is 1. The Labute approximate surface area is 209 Å². The van der Waals surface area contributed by atoms with E-state index in [1.165, 1.54) is 5.56 Å². The molecule has 1 aromatic heterocycles. The maximum Gasteiger partial charge on any atom is 0.227 e. The number of para-hydroxylation sites is 1. The van der Waals surface area contributed by atoms with Crippen molar-refractivity contribution in [2.75, 3.05) is 31.4 Å². The zero-order chi connectivity index (χ0) is 24.2. The zero-order valence-corrected chi connectivity index (χ0v) is 20.6. The van der Waals surface area contributed by atoms with E-state index >= 15 is 0 Å². The summed E-state index contributed by atoms with van der Waals surface area (Å²) >= 11 is 1.56. The molecule has 7 heteroatoms. The molecule has 6 nitrogen and oxygen atoms in total. The molecule has 1 N–H and O–H groups in total. The molecule has 0 bridgehead atoms. The molecule has 2 heterocycles. The van der Waals surface area contributed by atoms with Gasteiger partial charge >= 0.3 is 0 Å². The van der Waals surface area contributed by atoms with Gasteiger partial charge in [-0.1, -0.05) is 30.0 Å². The minimum Gasteiger partial charge on any atom is -0.497 e. The summed E-state index contributed by atoms with van der Waals surface area (Å²) < 4.78 is 10.6. The van der Waals surface area contributed by atoms with Gasteiger partial charge in [0.15, 0.2) is 5.16 Å². The van der Waals surface area contributed by atoms with Crippen LogP contribution in [-0.4, -0.2) is 42.4 Å². The van der Waals surface area contributed by atoms with Crippen molar-refractivity contribution in [1.82, 2.24) is 9.97 Å². The molecule has 1 aliphatic rings. The molecule has 0 atom stereocenters. The maximum atomic E-state index is 12.9. The molecule has 0 saturated heterocycles. The van der Waals surface area contributed by atoms with Crippen LogP contribution in [0.1, 0.15) is 12.0 Å². The SMILES string of the molecule is COc1ccc(-c2nc(SCCC(=O)N3CCc4ccccc43)[nH]c2-c2ccc(OC)cc2)cc1. The molecule has 1 aliphatic heterocycles. The fourth-order valence-corrected chi connectivity index (χ4v) is 5.11. The molecule has 5 rings (SSSR count). The Hall–Kier alpha value is -3.71. The van der Waals surface area contributed by atoms with Crippen LogP contribution < -0.4 is 14.4 Å². The van der Waals surface area contributed by atoms with E-state index in [1.54, 1.807) is 26.0 Å². The topological polar surface area (TPSA) is 67.5 Å². The Kier molecular flexibility index (Phi) is 6.77. The number of methoxy groups -OCH3 is 2. The normalized spacial score (nSPS) is 12.5. The number of imidazole rings is 1. The highest BCUT2D eigenvalue weighted by atomic mass is 32.2. The number of anilines is 1. The number of ether oxygens (including phenoxy) is 2. The predicted octanol–water partition coefficient (Wildman–Crippen LogP) is 5.83. The quantitative estimate of drug-likeness (QED) is 0.318. The van der Waals surface area contributed by atoms with Crippen LogP contribution in [0.3, 0.4) is 0 Å². The predicted molar refractivity (Wildman–Crippen MR) is 140 cm³/mol. The summed E-state index contributed by atoms with van der Waals surface area (Å²) in [5, 5.41) is 0.788. The third-order valence-electron chi connectivity index (χ3n) is 6.17. The third kappa shape index (κ3) is 4.91. The molecular weight excluding hydrogens is 458 g/mol. The lowest BCUT2D eigenvalue weighted by Gasteiger charge is -2.16. The first-order chi connectivity index (χ1) is 17.2. The lowest BCUT2D eigenvalue weighted by atomic mass is 10.0. The minimum atomic E-state index is 0.153. The first-order valence-electron chi connectivity index (χ1n) is 11.6. The van der Waals surface area contributed by atoms with Crippen molar-refractivity contribution in [2.45, 2.75) is 18.0 Å². The Morgan fingerprint density at radius 3 is 2.29 bits per heavy atom. The molecule has 0 fully saturated rings. The van der Waals surface area contributed by atoms with Crippen molar-refractivity contribution in [3.05, 3.63) is 78.4 Å². The number of benzene rings is 3. The van der Waals surface area contributed by atoms with Gasteiger partial charge in [0, 0.05) is 35.5 Å². The molecular formula is C28H27N3O3S. The van der Waals surface area contributed by atoms with Gasteiger partial charge in [0.25, 0.3) is 0 Å². The Bertz CT molecular complexity index is 1250. The average molecular weight is 486 g/mol. The number of carbonyl (C=O) groups excluding carboxylic acids is 1. The standard InChI is InChI=1S/C28H27N3O3S/c1-33-22-11-7-20(8-12-22)26-27(21-9-13-23(34-2)14-10-21)30-28(29-26)35-18-16-25(32)31-17-15-19-5-3-4-6-24(19)31/h3-14H,15-18H2,1-2H3,(H,29,30). The average Bonchev–Trinajstić information content (AvgIpc) is 3.53. The Balaban J connectivity index is 1.34. The summed E-state index contributed by atoms with van der Waals surface area (Å²) in [5.74, 6) is 2.40. The van der Waals surface area contributed by atoms with Crippen molar-refractivity contribution < 1.29 is 14.3 Å². The van der Waals surface area contributed by atoms with E-state index in [4.69, 9.17) is 14.5 Å². The van der Waals surface area contributed by atoms with Crippen molar-refractivity contribution in [1.29, 1.82) is 0 Å². The monoisotopic (exact) mass is 485 g/mol. The molecule has 0 spiro atoms. The third-order valence-corrected chi connectivity index (χ3v) is 7.04. The summed E-state index contributed by atoms with van der Waals surface area (Å²) in [7, 11) is 3.31. The van der Waals surface area contributed by atoms with Gasteiger partial charge in [0.1, 0.15) is 11.5 Å². The number of thioether (sulfide) groups is 1. The second-order valence-electron chi connectivity index (χ2n) is 8.25. The second-order valence-corrected chi connectivity index (χ2v) is 9.33. The first-order valence-corrected chi connectivity index (χ1v) is 12.5. The minimum absolute atomic E-state index is 0.153. The van der Waals surface area contributed by atoms with Gasteiger partial charge in [-0.05, 0) is 66.6 Å². The summed E-state index contributed by atoms with van der Waals surface area (Å²) in [4.78, 5) is 23.2.